The van der Waals surface area contributed by atoms with Crippen LogP contribution in [0.25, 0.3) is 45.3 Å². The highest BCUT2D eigenvalue weighted by atomic mass is 15.0. The van der Waals surface area contributed by atoms with E-state index in [9.17, 15) is 0 Å². The summed E-state index contributed by atoms with van der Waals surface area (Å²) >= 11 is 0. The van der Waals surface area contributed by atoms with Gasteiger partial charge in [0, 0.05) is 33.9 Å². The van der Waals surface area contributed by atoms with Crippen molar-refractivity contribution in [3.63, 3.8) is 0 Å². The molecule has 0 atom stereocenters. The Hall–Kier alpha value is -5.48. The molecule has 0 saturated carbocycles. The number of hydrogen-bond acceptors (Lipinski definition) is 4. The molecular weight excluding hydrogens is 524 g/mol. The lowest BCUT2D eigenvalue weighted by Gasteiger charge is -2.26. The van der Waals surface area contributed by atoms with E-state index in [0.717, 1.165) is 33.5 Å². The predicted octanol–water partition coefficient (Wildman–Crippen LogP) is 9.75. The van der Waals surface area contributed by atoms with Crippen molar-refractivity contribution in [1.29, 1.82) is 0 Å². The van der Waals surface area contributed by atoms with Crippen LogP contribution in [0.15, 0.2) is 151 Å². The second-order valence-electron chi connectivity index (χ2n) is 10.8. The van der Waals surface area contributed by atoms with Gasteiger partial charge in [-0.3, -0.25) is 4.99 Å². The first-order chi connectivity index (χ1) is 21.0. The molecule has 5 aromatic carbocycles. The minimum absolute atomic E-state index is 0.207. The molecule has 0 unspecified atom stereocenters. The second-order valence-corrected chi connectivity index (χ2v) is 10.8. The molecule has 4 nitrogen and oxygen atoms in total. The van der Waals surface area contributed by atoms with E-state index in [1.54, 1.807) is 12.3 Å². The molecule has 0 N–H and O–H groups in total. The summed E-state index contributed by atoms with van der Waals surface area (Å²) in [5.41, 5.74) is 8.24. The summed E-state index contributed by atoms with van der Waals surface area (Å²) in [4.78, 5) is 19.1. The predicted molar refractivity (Wildman–Crippen MR) is 178 cm³/mol. The maximum Gasteiger partial charge on any atom is 0.164 e. The van der Waals surface area contributed by atoms with E-state index in [1.807, 2.05) is 78.9 Å². The molecule has 0 amide bonds. The lowest BCUT2D eigenvalue weighted by molar-refractivity contribution is 0.641. The summed E-state index contributed by atoms with van der Waals surface area (Å²) in [6.07, 6.45) is 3.42. The van der Waals surface area contributed by atoms with Crippen molar-refractivity contribution >= 4 is 11.9 Å². The van der Waals surface area contributed by atoms with Crippen LogP contribution in [0, 0.1) is 0 Å². The van der Waals surface area contributed by atoms with E-state index in [4.69, 9.17) is 15.0 Å². The molecule has 1 heterocycles. The Morgan fingerprint density at radius 1 is 0.512 bits per heavy atom. The van der Waals surface area contributed by atoms with E-state index in [0.29, 0.717) is 17.5 Å². The second kappa shape index (κ2) is 12.2. The Morgan fingerprint density at radius 2 is 0.930 bits per heavy atom. The number of aromatic nitrogens is 3. The fraction of sp³-hybridized carbons (Fsp3) is 0.0769. The molecular formula is C39H32N4. The molecule has 0 bridgehead atoms. The lowest BCUT2D eigenvalue weighted by atomic mass is 9.77. The number of hydrogen-bond donors (Lipinski definition) is 0. The van der Waals surface area contributed by atoms with Crippen LogP contribution in [0.3, 0.4) is 0 Å². The third-order valence-electron chi connectivity index (χ3n) is 7.70. The summed E-state index contributed by atoms with van der Waals surface area (Å²) in [5.74, 6) is 1.97. The zero-order valence-corrected chi connectivity index (χ0v) is 24.4. The van der Waals surface area contributed by atoms with Crippen molar-refractivity contribution in [2.24, 2.45) is 4.99 Å². The van der Waals surface area contributed by atoms with Gasteiger partial charge in [-0.15, -0.1) is 0 Å². The summed E-state index contributed by atoms with van der Waals surface area (Å²) in [5, 5.41) is 0. The van der Waals surface area contributed by atoms with Gasteiger partial charge in [0.2, 0.25) is 0 Å². The van der Waals surface area contributed by atoms with Gasteiger partial charge in [0.25, 0.3) is 0 Å². The zero-order chi connectivity index (χ0) is 29.6. The van der Waals surface area contributed by atoms with Crippen molar-refractivity contribution in [3.8, 4) is 45.3 Å². The third kappa shape index (κ3) is 5.95. The Morgan fingerprint density at radius 3 is 1.42 bits per heavy atom. The highest BCUT2D eigenvalue weighted by molar-refractivity contribution is 5.81. The third-order valence-corrected chi connectivity index (χ3v) is 7.70. The molecule has 0 aliphatic rings. The van der Waals surface area contributed by atoms with E-state index in [-0.39, 0.29) is 5.41 Å². The standard InChI is InChI=1S/C39H32N4/c1-4-27-40-35-18-12-11-17-34(35)28-19-23-32(24-20-28)39(2,3)33-25-21-31(22-26-33)38-42-36(29-13-7-5-8-14-29)41-37(43-38)30-15-9-6-10-16-30/h4-27H,1H2,2-3H3/b40-27-. The van der Waals surface area contributed by atoms with Crippen LogP contribution in [0.1, 0.15) is 25.0 Å². The molecule has 43 heavy (non-hydrogen) atoms. The number of rotatable bonds is 8. The van der Waals surface area contributed by atoms with Crippen LogP contribution in [-0.4, -0.2) is 21.2 Å². The average molecular weight is 557 g/mol. The average Bonchev–Trinajstić information content (AvgIpc) is 3.08. The van der Waals surface area contributed by atoms with Crippen molar-refractivity contribution in [3.05, 3.63) is 157 Å². The van der Waals surface area contributed by atoms with E-state index >= 15 is 0 Å². The van der Waals surface area contributed by atoms with Gasteiger partial charge >= 0.3 is 0 Å². The molecule has 0 spiro atoms. The topological polar surface area (TPSA) is 51.0 Å². The molecule has 0 radical (unpaired) electrons. The summed E-state index contributed by atoms with van der Waals surface area (Å²) in [6.45, 7) is 8.25. The highest BCUT2D eigenvalue weighted by Gasteiger charge is 2.23. The Kier molecular flexibility index (Phi) is 7.84. The van der Waals surface area contributed by atoms with Gasteiger partial charge in [0.1, 0.15) is 0 Å². The number of allylic oxidation sites excluding steroid dienone is 1. The number of para-hydroxylation sites is 1. The van der Waals surface area contributed by atoms with Gasteiger partial charge in [0.15, 0.2) is 17.5 Å². The van der Waals surface area contributed by atoms with Gasteiger partial charge in [-0.2, -0.15) is 0 Å². The van der Waals surface area contributed by atoms with Gasteiger partial charge in [0.05, 0.1) is 5.69 Å². The first-order valence-electron chi connectivity index (χ1n) is 14.4. The molecule has 4 heteroatoms. The molecule has 0 aliphatic heterocycles. The lowest BCUT2D eigenvalue weighted by Crippen LogP contribution is -2.18. The molecule has 208 valence electrons. The number of nitrogens with zero attached hydrogens (tertiary/aromatic N) is 4. The normalized spacial score (nSPS) is 11.5. The van der Waals surface area contributed by atoms with Crippen molar-refractivity contribution in [2.45, 2.75) is 19.3 Å². The molecule has 1 aromatic heterocycles. The van der Waals surface area contributed by atoms with Crippen LogP contribution in [0.4, 0.5) is 5.69 Å². The van der Waals surface area contributed by atoms with Gasteiger partial charge in [-0.05, 0) is 22.8 Å². The van der Waals surface area contributed by atoms with Crippen LogP contribution in [-0.2, 0) is 5.41 Å². The van der Waals surface area contributed by atoms with E-state index < -0.39 is 0 Å². The number of benzene rings is 5. The number of aliphatic imine (C=N–C) groups is 1. The summed E-state index contributed by atoms with van der Waals surface area (Å²) < 4.78 is 0. The summed E-state index contributed by atoms with van der Waals surface area (Å²) in [7, 11) is 0. The van der Waals surface area contributed by atoms with E-state index in [1.165, 1.54) is 11.1 Å². The molecule has 0 saturated heterocycles. The monoisotopic (exact) mass is 556 g/mol. The largest absolute Gasteiger partial charge is 0.256 e. The molecule has 0 fully saturated rings. The summed E-state index contributed by atoms with van der Waals surface area (Å²) in [6, 6.07) is 45.6. The van der Waals surface area contributed by atoms with Crippen LogP contribution in [0.2, 0.25) is 0 Å². The van der Waals surface area contributed by atoms with Crippen LogP contribution in [0.5, 0.6) is 0 Å². The Labute approximate surface area is 253 Å². The van der Waals surface area contributed by atoms with Gasteiger partial charge in [-0.1, -0.05) is 154 Å². The van der Waals surface area contributed by atoms with Crippen molar-refractivity contribution in [1.82, 2.24) is 15.0 Å². The Bertz CT molecular complexity index is 1820. The maximum absolute atomic E-state index is 4.88. The molecule has 6 aromatic rings. The Balaban J connectivity index is 1.31. The fourth-order valence-corrected chi connectivity index (χ4v) is 5.17. The minimum atomic E-state index is -0.207. The van der Waals surface area contributed by atoms with Gasteiger partial charge < -0.3 is 0 Å². The minimum Gasteiger partial charge on any atom is -0.256 e. The van der Waals surface area contributed by atoms with Crippen LogP contribution >= 0.6 is 0 Å². The van der Waals surface area contributed by atoms with Gasteiger partial charge in [-0.25, -0.2) is 15.0 Å². The highest BCUT2D eigenvalue weighted by Crippen LogP contribution is 2.36. The fourth-order valence-electron chi connectivity index (χ4n) is 5.17. The first-order valence-corrected chi connectivity index (χ1v) is 14.4. The zero-order valence-electron chi connectivity index (χ0n) is 24.4. The maximum atomic E-state index is 4.88. The van der Waals surface area contributed by atoms with Crippen molar-refractivity contribution in [2.75, 3.05) is 0 Å². The SMILES string of the molecule is C=C/C=N\c1ccccc1-c1ccc(C(C)(C)c2ccc(-c3nc(-c4ccccc4)nc(-c4ccccc4)n3)cc2)cc1. The first kappa shape index (κ1) is 27.7. The van der Waals surface area contributed by atoms with Crippen molar-refractivity contribution < 1.29 is 0 Å². The van der Waals surface area contributed by atoms with Crippen LogP contribution < -0.4 is 0 Å². The van der Waals surface area contributed by atoms with E-state index in [2.05, 4.69) is 80.0 Å². The quantitative estimate of drug-likeness (QED) is 0.175. The molecule has 0 aliphatic carbocycles. The smallest absolute Gasteiger partial charge is 0.164 e. The molecule has 6 rings (SSSR count).